The molecular formula is C10H14N3ORf-. The van der Waals surface area contributed by atoms with Crippen LogP contribution in [0.4, 0.5) is 0 Å². The fraction of sp³-hybridized carbons (Fsp3) is 0.400. The minimum absolute atomic E-state index is 0. The van der Waals surface area contributed by atoms with Gasteiger partial charge in [-0.2, -0.15) is 0 Å². The molecule has 2 heterocycles. The van der Waals surface area contributed by atoms with Crippen molar-refractivity contribution in [1.82, 2.24) is 15.0 Å². The van der Waals surface area contributed by atoms with Gasteiger partial charge in [0.2, 0.25) is 0 Å². The number of nitrogens with zero attached hydrogens (tertiary/aromatic N) is 2. The summed E-state index contributed by atoms with van der Waals surface area (Å²) in [5.74, 6) is 0.560. The molecule has 2 aromatic rings. The van der Waals surface area contributed by atoms with Gasteiger partial charge in [-0.25, -0.2) is 0 Å². The predicted octanol–water partition coefficient (Wildman–Crippen LogP) is 2.10. The Balaban J connectivity index is 0.000000617. The number of rotatable bonds is 1. The quantitative estimate of drug-likeness (QED) is 0.665. The van der Waals surface area contributed by atoms with Gasteiger partial charge in [-0.15, -0.1) is 6.07 Å². The number of methoxy groups -OCH3 is 1. The normalized spacial score (nSPS) is 8.80. The first-order chi connectivity index (χ1) is 6.81. The molecule has 1 N–H and O–H groups in total. The van der Waals surface area contributed by atoms with Crippen molar-refractivity contribution in [2.24, 2.45) is 0 Å². The predicted molar refractivity (Wildman–Crippen MR) is 55.4 cm³/mol. The number of nitrogens with one attached hydrogen (secondary N) is 1. The van der Waals surface area contributed by atoms with E-state index in [4.69, 9.17) is 4.74 Å². The minimum atomic E-state index is 0. The number of H-pyrrole nitrogens is 1. The number of fused-ring (bicyclic) bond motifs is 1. The van der Waals surface area contributed by atoms with Gasteiger partial charge < -0.3 is 9.72 Å². The molecule has 0 atom stereocenters. The summed E-state index contributed by atoms with van der Waals surface area (Å²) in [6.45, 7) is 5.92. The summed E-state index contributed by atoms with van der Waals surface area (Å²) < 4.78 is 5.04. The Morgan fingerprint density at radius 1 is 1.33 bits per heavy atom. The van der Waals surface area contributed by atoms with E-state index in [1.54, 1.807) is 7.11 Å². The van der Waals surface area contributed by atoms with Crippen molar-refractivity contribution in [1.29, 1.82) is 0 Å². The molecule has 0 radical (unpaired) electrons. The number of aromatic amines is 1. The van der Waals surface area contributed by atoms with Crippen molar-refractivity contribution >= 4 is 11.0 Å². The van der Waals surface area contributed by atoms with E-state index in [0.29, 0.717) is 5.88 Å². The summed E-state index contributed by atoms with van der Waals surface area (Å²) in [6.07, 6.45) is 1.46. The monoisotopic (exact) mass is 459 g/mol. The number of hydrogen-bond donors (Lipinski definition) is 1. The van der Waals surface area contributed by atoms with Crippen LogP contribution in [0.3, 0.4) is 0 Å². The second-order valence-corrected chi connectivity index (χ2v) is 2.48. The zero-order valence-electron chi connectivity index (χ0n) is 9.59. The average molecular weight is 459 g/mol. The molecule has 2 rings (SSSR count). The molecule has 2 aromatic heterocycles. The largest absolute Gasteiger partial charge is 0.537 e. The summed E-state index contributed by atoms with van der Waals surface area (Å²) >= 11 is 0. The van der Waals surface area contributed by atoms with Crippen LogP contribution in [-0.2, 0) is 0 Å². The summed E-state index contributed by atoms with van der Waals surface area (Å²) in [7, 11) is 1.58. The Hall–Kier alpha value is -2.58. The average Bonchev–Trinajstić information content (AvgIpc) is 2.60. The van der Waals surface area contributed by atoms with Crippen LogP contribution in [0, 0.1) is 13.0 Å². The zero-order valence-corrected chi connectivity index (χ0v) is 16.0. The molecule has 4 nitrogen and oxygen atoms in total. The number of ether oxygens (including phenoxy) is 1. The van der Waals surface area contributed by atoms with Crippen molar-refractivity contribution < 1.29 is 4.74 Å². The van der Waals surface area contributed by atoms with Gasteiger partial charge >= 0.3 is 0 Å². The molecule has 0 aliphatic carbocycles. The maximum Gasteiger partial charge on any atom is 0.109 e. The standard InChI is InChI=1S/C8H8N3O.C2H6.Rf/c1-5-3-6-7(11-5)9-4-10-8(6)12-2;1-2;/h4H,1-2H3,(H,9,10,11);1-2H3;/q-1;;. The van der Waals surface area contributed by atoms with Crippen molar-refractivity contribution in [3.8, 4) is 5.88 Å². The molecule has 0 spiro atoms. The summed E-state index contributed by atoms with van der Waals surface area (Å²) in [5, 5.41) is 0.803. The van der Waals surface area contributed by atoms with E-state index in [1.807, 2.05) is 20.8 Å². The van der Waals surface area contributed by atoms with Gasteiger partial charge in [-0.05, 0) is 6.92 Å². The van der Waals surface area contributed by atoms with Gasteiger partial charge in [-0.3, -0.25) is 9.97 Å². The van der Waals surface area contributed by atoms with Crippen LogP contribution in [0.2, 0.25) is 0 Å². The van der Waals surface area contributed by atoms with Crippen molar-refractivity contribution in [2.45, 2.75) is 20.8 Å². The van der Waals surface area contributed by atoms with E-state index in [2.05, 4.69) is 21.0 Å². The molecule has 0 aliphatic rings. The van der Waals surface area contributed by atoms with Crippen LogP contribution >= 0.6 is 0 Å². The first-order valence-electron chi connectivity index (χ1n) is 4.58. The van der Waals surface area contributed by atoms with Crippen LogP contribution in [0.25, 0.3) is 11.0 Å². The Morgan fingerprint density at radius 3 is 2.60 bits per heavy atom. The van der Waals surface area contributed by atoms with Crippen molar-refractivity contribution in [3.05, 3.63) is 18.1 Å². The molecule has 0 saturated carbocycles. The first-order valence-corrected chi connectivity index (χ1v) is 4.58. The SMILES string of the molecule is CC.COc1ncnc2[nH]c(C)[c-]c12.[Rf]. The van der Waals surface area contributed by atoms with E-state index in [1.165, 1.54) is 6.33 Å². The van der Waals surface area contributed by atoms with Crippen LogP contribution in [0.5, 0.6) is 5.88 Å². The number of aryl methyl sites for hydroxylation is 1. The number of aromatic nitrogens is 3. The van der Waals surface area contributed by atoms with Crippen LogP contribution < -0.4 is 4.74 Å². The fourth-order valence-electron chi connectivity index (χ4n) is 1.13. The molecule has 0 saturated heterocycles. The van der Waals surface area contributed by atoms with Gasteiger partial charge in [0.1, 0.15) is 5.88 Å². The summed E-state index contributed by atoms with van der Waals surface area (Å²) in [4.78, 5) is 11.0. The van der Waals surface area contributed by atoms with E-state index in [-0.39, 0.29) is 0 Å². The Bertz CT molecular complexity index is 414. The zero-order chi connectivity index (χ0) is 10.6. The maximum absolute atomic E-state index is 5.04. The minimum Gasteiger partial charge on any atom is -0.537 e. The van der Waals surface area contributed by atoms with Gasteiger partial charge in [0.05, 0.1) is 13.4 Å². The van der Waals surface area contributed by atoms with E-state index >= 15 is 0 Å². The number of hydrogen-bond acceptors (Lipinski definition) is 3. The van der Waals surface area contributed by atoms with E-state index in [0.717, 1.165) is 16.7 Å². The van der Waals surface area contributed by atoms with Gasteiger partial charge in [0.25, 0.3) is 0 Å². The van der Waals surface area contributed by atoms with Crippen molar-refractivity contribution in [3.63, 3.8) is 0 Å². The summed E-state index contributed by atoms with van der Waals surface area (Å²) in [5.41, 5.74) is 1.70. The summed E-state index contributed by atoms with van der Waals surface area (Å²) in [6, 6.07) is 3.07. The third-order valence-electron chi connectivity index (χ3n) is 1.62. The Kier molecular flexibility index (Phi) is 4.32. The van der Waals surface area contributed by atoms with E-state index < -0.39 is 0 Å². The maximum atomic E-state index is 5.04. The van der Waals surface area contributed by atoms with E-state index in [9.17, 15) is 0 Å². The van der Waals surface area contributed by atoms with Crippen molar-refractivity contribution in [2.75, 3.05) is 7.11 Å². The molecule has 0 amide bonds. The van der Waals surface area contributed by atoms with Crippen LogP contribution in [0.15, 0.2) is 6.33 Å². The van der Waals surface area contributed by atoms with Gasteiger partial charge in [0.15, 0.2) is 0 Å². The van der Waals surface area contributed by atoms with Crippen LogP contribution in [-0.4, -0.2) is 22.1 Å². The molecule has 0 aromatic carbocycles. The Morgan fingerprint density at radius 2 is 2.00 bits per heavy atom. The molecule has 5 heteroatoms. The second-order valence-electron chi connectivity index (χ2n) is 2.48. The van der Waals surface area contributed by atoms with Crippen LogP contribution in [0.1, 0.15) is 19.5 Å². The second kappa shape index (κ2) is 5.21. The molecule has 15 heavy (non-hydrogen) atoms. The third-order valence-corrected chi connectivity index (χ3v) is 1.62. The molecule has 0 unspecified atom stereocenters. The molecular weight excluding hydrogens is 445 g/mol. The molecule has 0 aliphatic heterocycles. The van der Waals surface area contributed by atoms with Gasteiger partial charge in [-0.1, -0.05) is 24.9 Å². The molecule has 0 bridgehead atoms. The smallest absolute Gasteiger partial charge is 0.109 e. The first kappa shape index (κ1) is 12.4. The molecule has 78 valence electrons. The Labute approximate surface area is 83.3 Å². The fourth-order valence-corrected chi connectivity index (χ4v) is 1.13. The topological polar surface area (TPSA) is 50.8 Å². The molecule has 0 fully saturated rings. The van der Waals surface area contributed by atoms with Gasteiger partial charge in [0, 0.05) is 5.65 Å². The third kappa shape index (κ3) is 2.21.